The molecule has 0 amide bonds. The molecule has 0 fully saturated rings. The van der Waals surface area contributed by atoms with Crippen LogP contribution >= 0.6 is 0 Å². The molecule has 0 saturated carbocycles. The highest BCUT2D eigenvalue weighted by Gasteiger charge is 2.49. The van der Waals surface area contributed by atoms with Gasteiger partial charge in [0.15, 0.2) is 0 Å². The van der Waals surface area contributed by atoms with Gasteiger partial charge in [0.2, 0.25) is 0 Å². The molecule has 2 bridgehead atoms. The van der Waals surface area contributed by atoms with Crippen LogP contribution in [0.2, 0.25) is 0 Å². The smallest absolute Gasteiger partial charge is 0.278 e. The molecule has 0 unspecified atom stereocenters. The van der Waals surface area contributed by atoms with Gasteiger partial charge in [0.1, 0.15) is 23.0 Å². The quantitative estimate of drug-likeness (QED) is 0.699. The number of rotatable bonds is 1. The van der Waals surface area contributed by atoms with Crippen LogP contribution in [0.5, 0.6) is 23.0 Å². The molecule has 0 aliphatic carbocycles. The first kappa shape index (κ1) is 14.2. The zero-order chi connectivity index (χ0) is 17.0. The third-order valence-electron chi connectivity index (χ3n) is 4.98. The highest BCUT2D eigenvalue weighted by Crippen LogP contribution is 2.55. The third-order valence-corrected chi connectivity index (χ3v) is 4.98. The minimum Gasteiger partial charge on any atom is -0.508 e. The van der Waals surface area contributed by atoms with Gasteiger partial charge in [-0.15, -0.1) is 0 Å². The first-order chi connectivity index (χ1) is 12.1. The number of benzene rings is 3. The maximum atomic E-state index is 9.88. The van der Waals surface area contributed by atoms with Crippen molar-refractivity contribution >= 4 is 0 Å². The zero-order valence-electron chi connectivity index (χ0n) is 13.3. The van der Waals surface area contributed by atoms with Crippen molar-refractivity contribution in [2.45, 2.75) is 18.1 Å². The average Bonchev–Trinajstić information content (AvgIpc) is 2.61. The fraction of sp³-hybridized carbons (Fsp3) is 0.143. The van der Waals surface area contributed by atoms with Crippen LogP contribution in [0.25, 0.3) is 0 Å². The van der Waals surface area contributed by atoms with Crippen molar-refractivity contribution in [3.8, 4) is 23.0 Å². The van der Waals surface area contributed by atoms with Crippen LogP contribution in [-0.2, 0) is 5.79 Å². The molecule has 2 N–H and O–H groups in total. The predicted octanol–water partition coefficient (Wildman–Crippen LogP) is 4.26. The van der Waals surface area contributed by atoms with E-state index in [9.17, 15) is 10.2 Å². The van der Waals surface area contributed by atoms with E-state index in [4.69, 9.17) is 9.47 Å². The van der Waals surface area contributed by atoms with Crippen LogP contribution in [-0.4, -0.2) is 10.2 Å². The maximum Gasteiger partial charge on any atom is 0.278 e. The highest BCUT2D eigenvalue weighted by molar-refractivity contribution is 5.55. The molecular formula is C21H16O4. The molecule has 2 heterocycles. The van der Waals surface area contributed by atoms with Gasteiger partial charge in [0, 0.05) is 41.2 Å². The second kappa shape index (κ2) is 4.93. The van der Waals surface area contributed by atoms with E-state index in [2.05, 4.69) is 0 Å². The maximum absolute atomic E-state index is 9.88. The molecule has 2 aliphatic heterocycles. The number of ether oxygens (including phenoxy) is 2. The lowest BCUT2D eigenvalue weighted by Crippen LogP contribution is -2.46. The van der Waals surface area contributed by atoms with Crippen molar-refractivity contribution in [3.05, 3.63) is 83.4 Å². The highest BCUT2D eigenvalue weighted by atomic mass is 16.7. The van der Waals surface area contributed by atoms with E-state index < -0.39 is 5.79 Å². The number of phenolic OH excluding ortho intramolecular Hbond substituents is 2. The molecule has 4 nitrogen and oxygen atoms in total. The average molecular weight is 332 g/mol. The molecule has 4 heteroatoms. The molecule has 3 aromatic rings. The van der Waals surface area contributed by atoms with E-state index >= 15 is 0 Å². The van der Waals surface area contributed by atoms with E-state index in [1.54, 1.807) is 24.3 Å². The van der Waals surface area contributed by atoms with Crippen molar-refractivity contribution in [2.24, 2.45) is 0 Å². The number of phenols is 2. The Morgan fingerprint density at radius 3 is 1.88 bits per heavy atom. The van der Waals surface area contributed by atoms with Crippen LogP contribution in [0.3, 0.4) is 0 Å². The Hall–Kier alpha value is -3.14. The summed E-state index contributed by atoms with van der Waals surface area (Å²) in [7, 11) is 0. The Bertz CT molecular complexity index is 909. The fourth-order valence-corrected chi connectivity index (χ4v) is 3.84. The summed E-state index contributed by atoms with van der Waals surface area (Å²) in [6, 6.07) is 20.2. The number of hydrogen-bond donors (Lipinski definition) is 2. The molecule has 0 radical (unpaired) electrons. The second-order valence-corrected chi connectivity index (χ2v) is 6.52. The zero-order valence-corrected chi connectivity index (χ0v) is 13.3. The summed E-state index contributed by atoms with van der Waals surface area (Å²) in [6.07, 6.45) is 0.632. The molecule has 5 rings (SSSR count). The minimum absolute atomic E-state index is 0.0638. The summed E-state index contributed by atoms with van der Waals surface area (Å²) in [5.41, 5.74) is 2.93. The summed E-state index contributed by atoms with van der Waals surface area (Å²) in [4.78, 5) is 0. The largest absolute Gasteiger partial charge is 0.508 e. The van der Waals surface area contributed by atoms with E-state index in [0.717, 1.165) is 16.7 Å². The molecule has 3 aromatic carbocycles. The number of fused-ring (bicyclic) bond motifs is 6. The summed E-state index contributed by atoms with van der Waals surface area (Å²) >= 11 is 0. The molecule has 0 aromatic heterocycles. The number of aromatic hydroxyl groups is 2. The van der Waals surface area contributed by atoms with E-state index in [1.807, 2.05) is 42.5 Å². The van der Waals surface area contributed by atoms with Crippen molar-refractivity contribution in [1.82, 2.24) is 0 Å². The van der Waals surface area contributed by atoms with Gasteiger partial charge >= 0.3 is 0 Å². The van der Waals surface area contributed by atoms with Gasteiger partial charge in [-0.2, -0.15) is 0 Å². The Kier molecular flexibility index (Phi) is 2.80. The second-order valence-electron chi connectivity index (χ2n) is 6.52. The molecule has 0 saturated heterocycles. The molecular weight excluding hydrogens is 316 g/mol. The Morgan fingerprint density at radius 2 is 1.32 bits per heavy atom. The fourth-order valence-electron chi connectivity index (χ4n) is 3.84. The van der Waals surface area contributed by atoms with Gasteiger partial charge in [0.25, 0.3) is 5.79 Å². The van der Waals surface area contributed by atoms with Gasteiger partial charge in [-0.3, -0.25) is 0 Å². The molecule has 25 heavy (non-hydrogen) atoms. The van der Waals surface area contributed by atoms with Crippen molar-refractivity contribution in [1.29, 1.82) is 0 Å². The summed E-state index contributed by atoms with van der Waals surface area (Å²) in [6.45, 7) is 0. The molecule has 0 spiro atoms. The van der Waals surface area contributed by atoms with Gasteiger partial charge in [-0.1, -0.05) is 42.5 Å². The number of hydrogen-bond acceptors (Lipinski definition) is 4. The third kappa shape index (κ3) is 2.07. The first-order valence-corrected chi connectivity index (χ1v) is 8.24. The molecule has 0 atom stereocenters. The molecule has 2 aliphatic rings. The van der Waals surface area contributed by atoms with Gasteiger partial charge < -0.3 is 19.7 Å². The predicted molar refractivity (Wildman–Crippen MR) is 92.0 cm³/mol. The van der Waals surface area contributed by atoms with Gasteiger partial charge in [0.05, 0.1) is 0 Å². The standard InChI is InChI=1S/C21H16O4/c22-14-6-8-16-18-12-21(24-19(16)10-14,13-4-2-1-3-5-13)25-20-11-15(23)7-9-17(18)20/h1-11,18,22-23H,12H2. The summed E-state index contributed by atoms with van der Waals surface area (Å²) in [5.74, 6) is 0.653. The Balaban J connectivity index is 1.77. The lowest BCUT2D eigenvalue weighted by Gasteiger charge is -2.46. The van der Waals surface area contributed by atoms with E-state index in [0.29, 0.717) is 17.9 Å². The van der Waals surface area contributed by atoms with E-state index in [1.165, 1.54) is 0 Å². The lowest BCUT2D eigenvalue weighted by atomic mass is 9.78. The van der Waals surface area contributed by atoms with Crippen LogP contribution in [0.1, 0.15) is 29.0 Å². The van der Waals surface area contributed by atoms with Gasteiger partial charge in [-0.05, 0) is 12.1 Å². The Morgan fingerprint density at radius 1 is 0.760 bits per heavy atom. The monoisotopic (exact) mass is 332 g/mol. The van der Waals surface area contributed by atoms with Crippen LogP contribution in [0.15, 0.2) is 66.7 Å². The van der Waals surface area contributed by atoms with Gasteiger partial charge in [-0.25, -0.2) is 0 Å². The van der Waals surface area contributed by atoms with Crippen molar-refractivity contribution in [2.75, 3.05) is 0 Å². The van der Waals surface area contributed by atoms with Crippen LogP contribution < -0.4 is 9.47 Å². The normalized spacial score (nSPS) is 23.0. The van der Waals surface area contributed by atoms with Crippen molar-refractivity contribution in [3.63, 3.8) is 0 Å². The van der Waals surface area contributed by atoms with Crippen molar-refractivity contribution < 1.29 is 19.7 Å². The lowest BCUT2D eigenvalue weighted by molar-refractivity contribution is -0.148. The van der Waals surface area contributed by atoms with Crippen LogP contribution in [0, 0.1) is 0 Å². The summed E-state index contributed by atoms with van der Waals surface area (Å²) in [5, 5.41) is 19.8. The van der Waals surface area contributed by atoms with Crippen LogP contribution in [0.4, 0.5) is 0 Å². The first-order valence-electron chi connectivity index (χ1n) is 8.24. The summed E-state index contributed by atoms with van der Waals surface area (Å²) < 4.78 is 12.6. The molecule has 124 valence electrons. The Labute approximate surface area is 144 Å². The van der Waals surface area contributed by atoms with E-state index in [-0.39, 0.29) is 17.4 Å². The topological polar surface area (TPSA) is 58.9 Å². The SMILES string of the molecule is Oc1ccc2c(c1)OC1(c3ccccc3)CC2c2ccc(O)cc2O1. The minimum atomic E-state index is -0.979.